The summed E-state index contributed by atoms with van der Waals surface area (Å²) >= 11 is 6.28. The van der Waals surface area contributed by atoms with Crippen molar-refractivity contribution >= 4 is 29.1 Å². The molecule has 0 aliphatic carbocycles. The van der Waals surface area contributed by atoms with E-state index in [0.717, 1.165) is 22.4 Å². The zero-order chi connectivity index (χ0) is 27.4. The number of ether oxygens (including phenoxy) is 2. The topological polar surface area (TPSA) is 111 Å². The van der Waals surface area contributed by atoms with Crippen molar-refractivity contribution in [3.8, 4) is 5.75 Å². The van der Waals surface area contributed by atoms with Gasteiger partial charge in [0, 0.05) is 0 Å². The number of rotatable bonds is 10. The van der Waals surface area contributed by atoms with E-state index in [1.54, 1.807) is 4.52 Å². The van der Waals surface area contributed by atoms with Gasteiger partial charge in [-0.1, -0.05) is 59.6 Å². The number of aryl methyl sites for hydroxylation is 3. The molecule has 0 radical (unpaired) electrons. The maximum atomic E-state index is 12.9. The molecule has 0 fully saturated rings. The van der Waals surface area contributed by atoms with Crippen molar-refractivity contribution in [3.63, 3.8) is 0 Å². The molecule has 4 aromatic rings. The minimum Gasteiger partial charge on any atom is -0.484 e. The van der Waals surface area contributed by atoms with Crippen LogP contribution in [0.2, 0.25) is 5.02 Å². The van der Waals surface area contributed by atoms with Crippen LogP contribution in [0.1, 0.15) is 54.5 Å². The van der Waals surface area contributed by atoms with Crippen LogP contribution in [0.3, 0.4) is 0 Å². The van der Waals surface area contributed by atoms with E-state index in [2.05, 4.69) is 20.6 Å². The Morgan fingerprint density at radius 2 is 1.84 bits per heavy atom. The Hall–Kier alpha value is -3.85. The van der Waals surface area contributed by atoms with E-state index in [0.29, 0.717) is 22.2 Å². The number of hydrogen-bond donors (Lipinski definition) is 2. The van der Waals surface area contributed by atoms with Crippen molar-refractivity contribution in [3.05, 3.63) is 81.8 Å². The SMILES string of the molecule is Cc1ccc(OCC(=O)NC(CC(=O)OCC(C)(C)c2nnc3c(Cl)c(C)[nH]n23)c2ccccc2)c(C)c1. The van der Waals surface area contributed by atoms with Crippen LogP contribution >= 0.6 is 11.6 Å². The number of carbonyl (C=O) groups excluding carboxylic acids is 2. The average molecular weight is 538 g/mol. The van der Waals surface area contributed by atoms with Gasteiger partial charge in [-0.2, -0.15) is 0 Å². The third kappa shape index (κ3) is 6.16. The molecule has 0 saturated carbocycles. The smallest absolute Gasteiger partial charge is 0.308 e. The third-order valence-corrected chi connectivity index (χ3v) is 6.72. The summed E-state index contributed by atoms with van der Waals surface area (Å²) in [7, 11) is 0. The molecule has 2 heterocycles. The summed E-state index contributed by atoms with van der Waals surface area (Å²) in [4.78, 5) is 25.7. The number of nitrogens with zero attached hydrogens (tertiary/aromatic N) is 3. The average Bonchev–Trinajstić information content (AvgIpc) is 3.42. The molecule has 1 amide bonds. The van der Waals surface area contributed by atoms with Crippen molar-refractivity contribution in [2.75, 3.05) is 13.2 Å². The molecule has 0 spiro atoms. The van der Waals surface area contributed by atoms with Gasteiger partial charge in [0.15, 0.2) is 18.1 Å². The molecular weight excluding hydrogens is 506 g/mol. The predicted octanol–water partition coefficient (Wildman–Crippen LogP) is 4.78. The number of halogens is 1. The minimum atomic E-state index is -0.652. The number of aromatic amines is 1. The van der Waals surface area contributed by atoms with Gasteiger partial charge in [0.1, 0.15) is 17.4 Å². The highest BCUT2D eigenvalue weighted by molar-refractivity contribution is 6.34. The van der Waals surface area contributed by atoms with E-state index in [-0.39, 0.29) is 25.5 Å². The molecule has 2 aromatic heterocycles. The molecule has 0 aliphatic heterocycles. The van der Waals surface area contributed by atoms with Crippen molar-refractivity contribution in [1.82, 2.24) is 25.1 Å². The van der Waals surface area contributed by atoms with Crippen LogP contribution in [-0.2, 0) is 19.7 Å². The Morgan fingerprint density at radius 3 is 2.55 bits per heavy atom. The van der Waals surface area contributed by atoms with Gasteiger partial charge in [0.2, 0.25) is 0 Å². The van der Waals surface area contributed by atoms with Crippen LogP contribution < -0.4 is 10.1 Å². The van der Waals surface area contributed by atoms with E-state index in [1.807, 2.05) is 83.1 Å². The van der Waals surface area contributed by atoms with Crippen LogP contribution in [0, 0.1) is 20.8 Å². The second-order valence-electron chi connectivity index (χ2n) is 10.1. The van der Waals surface area contributed by atoms with Crippen molar-refractivity contribution < 1.29 is 19.1 Å². The van der Waals surface area contributed by atoms with Gasteiger partial charge in [0.25, 0.3) is 5.91 Å². The number of fused-ring (bicyclic) bond motifs is 1. The highest BCUT2D eigenvalue weighted by Crippen LogP contribution is 2.27. The zero-order valence-electron chi connectivity index (χ0n) is 22.2. The molecule has 0 bridgehead atoms. The summed E-state index contributed by atoms with van der Waals surface area (Å²) in [5.41, 5.74) is 3.50. The minimum absolute atomic E-state index is 0.0436. The fourth-order valence-corrected chi connectivity index (χ4v) is 4.35. The lowest BCUT2D eigenvalue weighted by atomic mass is 9.94. The first-order valence-electron chi connectivity index (χ1n) is 12.3. The number of nitrogens with one attached hydrogen (secondary N) is 2. The molecule has 1 atom stereocenters. The Labute approximate surface area is 226 Å². The number of esters is 1. The first kappa shape index (κ1) is 27.2. The lowest BCUT2D eigenvalue weighted by molar-refractivity contribution is -0.146. The van der Waals surface area contributed by atoms with Gasteiger partial charge >= 0.3 is 5.97 Å². The van der Waals surface area contributed by atoms with Crippen LogP contribution in [0.25, 0.3) is 5.65 Å². The summed E-state index contributed by atoms with van der Waals surface area (Å²) in [6, 6.07) is 14.5. The van der Waals surface area contributed by atoms with E-state index in [4.69, 9.17) is 21.1 Å². The van der Waals surface area contributed by atoms with Gasteiger partial charge in [0.05, 0.1) is 23.6 Å². The molecule has 0 saturated heterocycles. The summed E-state index contributed by atoms with van der Waals surface area (Å²) < 4.78 is 13.1. The van der Waals surface area contributed by atoms with Crippen LogP contribution in [0.15, 0.2) is 48.5 Å². The highest BCUT2D eigenvalue weighted by atomic mass is 35.5. The molecule has 2 aromatic carbocycles. The number of hydrogen-bond acceptors (Lipinski definition) is 6. The lowest BCUT2D eigenvalue weighted by Gasteiger charge is -2.23. The van der Waals surface area contributed by atoms with Gasteiger partial charge in [-0.05, 0) is 51.8 Å². The largest absolute Gasteiger partial charge is 0.484 e. The molecule has 2 N–H and O–H groups in total. The number of benzene rings is 2. The molecule has 38 heavy (non-hydrogen) atoms. The molecule has 200 valence electrons. The Bertz CT molecular complexity index is 1440. The monoisotopic (exact) mass is 537 g/mol. The third-order valence-electron chi connectivity index (χ3n) is 6.26. The first-order valence-corrected chi connectivity index (χ1v) is 12.7. The van der Waals surface area contributed by atoms with Gasteiger partial charge in [-0.25, -0.2) is 4.52 Å². The highest BCUT2D eigenvalue weighted by Gasteiger charge is 2.31. The Morgan fingerprint density at radius 1 is 1.11 bits per heavy atom. The quantitative estimate of drug-likeness (QED) is 0.282. The number of amides is 1. The summed E-state index contributed by atoms with van der Waals surface area (Å²) in [5.74, 6) is 0.442. The lowest BCUT2D eigenvalue weighted by Crippen LogP contribution is -2.35. The maximum Gasteiger partial charge on any atom is 0.308 e. The Kier molecular flexibility index (Phi) is 8.06. The predicted molar refractivity (Wildman–Crippen MR) is 144 cm³/mol. The summed E-state index contributed by atoms with van der Waals surface area (Å²) in [6.45, 7) is 9.48. The molecule has 4 rings (SSSR count). The molecule has 1 unspecified atom stereocenters. The van der Waals surface area contributed by atoms with E-state index in [9.17, 15) is 9.59 Å². The van der Waals surface area contributed by atoms with Crippen molar-refractivity contribution in [2.24, 2.45) is 0 Å². The standard InChI is InChI=1S/C28H32ClN5O4/c1-17-11-12-22(18(2)13-17)37-15-23(35)30-21(20-9-7-6-8-10-20)14-24(36)38-16-28(4,5)27-32-31-26-25(29)19(3)33-34(26)27/h6-13,21,33H,14-16H2,1-5H3,(H,30,35). The molecule has 10 heteroatoms. The first-order chi connectivity index (χ1) is 18.0. The maximum absolute atomic E-state index is 12.9. The fraction of sp³-hybridized carbons (Fsp3) is 0.357. The van der Waals surface area contributed by atoms with E-state index in [1.165, 1.54) is 0 Å². The fourth-order valence-electron chi connectivity index (χ4n) is 4.18. The summed E-state index contributed by atoms with van der Waals surface area (Å²) in [6.07, 6.45) is -0.0436. The number of H-pyrrole nitrogens is 1. The van der Waals surface area contributed by atoms with Crippen LogP contribution in [-0.4, -0.2) is 44.9 Å². The second-order valence-corrected chi connectivity index (χ2v) is 10.4. The zero-order valence-corrected chi connectivity index (χ0v) is 22.9. The van der Waals surface area contributed by atoms with Crippen LogP contribution in [0.4, 0.5) is 0 Å². The normalized spacial score (nSPS) is 12.4. The molecule has 9 nitrogen and oxygen atoms in total. The van der Waals surface area contributed by atoms with Crippen LogP contribution in [0.5, 0.6) is 5.75 Å². The van der Waals surface area contributed by atoms with E-state index < -0.39 is 17.4 Å². The van der Waals surface area contributed by atoms with Gasteiger partial charge in [-0.3, -0.25) is 14.7 Å². The van der Waals surface area contributed by atoms with Gasteiger partial charge in [-0.15, -0.1) is 10.2 Å². The Balaban J connectivity index is 1.39. The molecule has 0 aliphatic rings. The molecular formula is C28H32ClN5O4. The van der Waals surface area contributed by atoms with Gasteiger partial charge < -0.3 is 14.8 Å². The van der Waals surface area contributed by atoms with Crippen molar-refractivity contribution in [1.29, 1.82) is 0 Å². The second kappa shape index (κ2) is 11.3. The number of aromatic nitrogens is 4. The van der Waals surface area contributed by atoms with E-state index >= 15 is 0 Å². The van der Waals surface area contributed by atoms with Crippen molar-refractivity contribution in [2.45, 2.75) is 52.5 Å². The number of carbonyl (C=O) groups is 2. The summed E-state index contributed by atoms with van der Waals surface area (Å²) in [5, 5.41) is 14.9.